The molecule has 8 nitrogen and oxygen atoms in total. The Labute approximate surface area is 182 Å². The van der Waals surface area contributed by atoms with Crippen LogP contribution in [0.1, 0.15) is 18.5 Å². The third kappa shape index (κ3) is 3.79. The summed E-state index contributed by atoms with van der Waals surface area (Å²) < 4.78 is 25.7. The number of methoxy groups -OCH3 is 2. The van der Waals surface area contributed by atoms with Gasteiger partial charge >= 0.3 is 0 Å². The van der Waals surface area contributed by atoms with Gasteiger partial charge in [0.05, 0.1) is 30.5 Å². The highest BCUT2D eigenvalue weighted by atomic mass is 35.5. The van der Waals surface area contributed by atoms with E-state index in [2.05, 4.69) is 20.7 Å². The second-order valence-electron chi connectivity index (χ2n) is 6.79. The molecule has 1 aliphatic heterocycles. The van der Waals surface area contributed by atoms with Crippen LogP contribution in [-0.4, -0.2) is 34.9 Å². The summed E-state index contributed by atoms with van der Waals surface area (Å²) in [4.78, 5) is 17.6. The molecule has 0 radical (unpaired) electrons. The molecule has 2 heterocycles. The highest BCUT2D eigenvalue weighted by molar-refractivity contribution is 6.32. The van der Waals surface area contributed by atoms with E-state index >= 15 is 0 Å². The number of carbonyl (C=O) groups excluding carboxylic acids is 1. The van der Waals surface area contributed by atoms with Gasteiger partial charge in [0.1, 0.15) is 29.7 Å². The molecule has 1 atom stereocenters. The summed E-state index contributed by atoms with van der Waals surface area (Å²) >= 11 is 6.16. The first-order valence-electron chi connectivity index (χ1n) is 9.28. The summed E-state index contributed by atoms with van der Waals surface area (Å²) in [6.45, 7) is 1.77. The molecule has 31 heavy (non-hydrogen) atoms. The van der Waals surface area contributed by atoms with Crippen LogP contribution in [0.3, 0.4) is 0 Å². The van der Waals surface area contributed by atoms with Crippen molar-refractivity contribution < 1.29 is 18.7 Å². The molecule has 3 aromatic rings. The number of rotatable bonds is 5. The number of nitrogens with one attached hydrogen (secondary N) is 2. The van der Waals surface area contributed by atoms with Gasteiger partial charge in [-0.15, -0.1) is 0 Å². The average molecular weight is 444 g/mol. The fraction of sp³-hybridized carbons (Fsp3) is 0.190. The van der Waals surface area contributed by atoms with Crippen LogP contribution >= 0.6 is 11.6 Å². The van der Waals surface area contributed by atoms with Crippen molar-refractivity contribution in [1.29, 1.82) is 0 Å². The number of hydrogen-bond acceptors (Lipinski definition) is 6. The molecular weight excluding hydrogens is 425 g/mol. The molecule has 1 aliphatic rings. The molecule has 0 aliphatic carbocycles. The zero-order valence-electron chi connectivity index (χ0n) is 16.9. The number of aromatic nitrogens is 3. The number of hydrogen-bond donors (Lipinski definition) is 2. The highest BCUT2D eigenvalue weighted by Gasteiger charge is 2.33. The molecule has 4 rings (SSSR count). The molecule has 0 saturated heterocycles. The molecule has 0 fully saturated rings. The maximum absolute atomic E-state index is 13.5. The summed E-state index contributed by atoms with van der Waals surface area (Å²) in [7, 11) is 2.96. The lowest BCUT2D eigenvalue weighted by Gasteiger charge is -2.29. The number of carbonyl (C=O) groups is 1. The van der Waals surface area contributed by atoms with E-state index in [1.165, 1.54) is 32.7 Å². The minimum absolute atomic E-state index is 0.350. The quantitative estimate of drug-likeness (QED) is 0.619. The number of ether oxygens (including phenoxy) is 2. The molecule has 0 unspecified atom stereocenters. The first-order chi connectivity index (χ1) is 14.9. The number of benzene rings is 2. The van der Waals surface area contributed by atoms with Gasteiger partial charge in [-0.05, 0) is 24.6 Å². The Balaban J connectivity index is 1.76. The molecule has 0 saturated carbocycles. The normalized spacial score (nSPS) is 15.2. The maximum atomic E-state index is 13.5. The summed E-state index contributed by atoms with van der Waals surface area (Å²) in [6.07, 6.45) is 1.39. The fourth-order valence-electron chi connectivity index (χ4n) is 3.49. The molecule has 160 valence electrons. The Hall–Kier alpha value is -3.59. The van der Waals surface area contributed by atoms with Gasteiger partial charge in [0.25, 0.3) is 5.91 Å². The number of anilines is 2. The summed E-state index contributed by atoms with van der Waals surface area (Å²) in [5.41, 5.74) is 2.05. The molecule has 2 N–H and O–H groups in total. The van der Waals surface area contributed by atoms with E-state index in [1.54, 1.807) is 35.9 Å². The Morgan fingerprint density at radius 2 is 1.90 bits per heavy atom. The molecule has 0 bridgehead atoms. The second-order valence-corrected chi connectivity index (χ2v) is 7.19. The summed E-state index contributed by atoms with van der Waals surface area (Å²) in [6, 6.07) is 8.44. The molecule has 10 heteroatoms. The monoisotopic (exact) mass is 443 g/mol. The lowest BCUT2D eigenvalue weighted by Crippen LogP contribution is -2.31. The van der Waals surface area contributed by atoms with Gasteiger partial charge in [-0.2, -0.15) is 10.1 Å². The van der Waals surface area contributed by atoms with Crippen molar-refractivity contribution in [2.75, 3.05) is 24.9 Å². The largest absolute Gasteiger partial charge is 0.495 e. The van der Waals surface area contributed by atoms with E-state index in [0.29, 0.717) is 45.0 Å². The number of amides is 1. The first-order valence-corrected chi connectivity index (χ1v) is 9.66. The van der Waals surface area contributed by atoms with Crippen molar-refractivity contribution >= 4 is 29.1 Å². The zero-order valence-corrected chi connectivity index (χ0v) is 17.7. The summed E-state index contributed by atoms with van der Waals surface area (Å²) in [5.74, 6) is 0.471. The van der Waals surface area contributed by atoms with Crippen LogP contribution in [0, 0.1) is 5.82 Å². The molecule has 0 spiro atoms. The minimum atomic E-state index is -0.612. The molecule has 2 aromatic carbocycles. The van der Waals surface area contributed by atoms with E-state index in [4.69, 9.17) is 21.1 Å². The van der Waals surface area contributed by atoms with Crippen LogP contribution in [0.25, 0.3) is 0 Å². The third-order valence-corrected chi connectivity index (χ3v) is 5.24. The number of nitrogens with zero attached hydrogens (tertiary/aromatic N) is 3. The maximum Gasteiger partial charge on any atom is 0.255 e. The van der Waals surface area contributed by atoms with E-state index in [9.17, 15) is 9.18 Å². The van der Waals surface area contributed by atoms with Crippen molar-refractivity contribution in [2.24, 2.45) is 0 Å². The van der Waals surface area contributed by atoms with Crippen LogP contribution in [0.4, 0.5) is 16.0 Å². The zero-order chi connectivity index (χ0) is 22.1. The molecule has 1 aromatic heterocycles. The third-order valence-electron chi connectivity index (χ3n) is 4.95. The molecular formula is C21H19ClFN5O3. The van der Waals surface area contributed by atoms with Gasteiger partial charge in [-0.3, -0.25) is 4.79 Å². The van der Waals surface area contributed by atoms with E-state index < -0.39 is 11.9 Å². The van der Waals surface area contributed by atoms with Crippen molar-refractivity contribution in [3.05, 3.63) is 70.4 Å². The van der Waals surface area contributed by atoms with Gasteiger partial charge < -0.3 is 20.1 Å². The predicted octanol–water partition coefficient (Wildman–Crippen LogP) is 4.02. The standard InChI is InChI=1S/C21H19ClFN5O3/c1-11-18(20(29)27-15-9-16(30-2)14(22)8-17(15)31-3)19(12-4-6-13(23)7-5-12)28-21(26-11)24-10-25-28/h4-10,19H,1-3H3,(H,27,29)(H,24,25,26)/t19-/m1/s1. The Bertz CT molecular complexity index is 1180. The van der Waals surface area contributed by atoms with Crippen molar-refractivity contribution in [3.8, 4) is 11.5 Å². The van der Waals surface area contributed by atoms with Gasteiger partial charge in [-0.25, -0.2) is 9.07 Å². The number of halogens is 2. The SMILES string of the molecule is COc1cc(NC(=O)C2=C(C)Nc3ncnn3[C@@H]2c2ccc(F)cc2)c(OC)cc1Cl. The average Bonchev–Trinajstić information content (AvgIpc) is 3.22. The Morgan fingerprint density at radius 1 is 1.19 bits per heavy atom. The van der Waals surface area contributed by atoms with Crippen LogP contribution in [0.2, 0.25) is 5.02 Å². The van der Waals surface area contributed by atoms with Crippen LogP contribution < -0.4 is 20.1 Å². The van der Waals surface area contributed by atoms with Gasteiger partial charge in [0.2, 0.25) is 5.95 Å². The van der Waals surface area contributed by atoms with Crippen LogP contribution in [-0.2, 0) is 4.79 Å². The smallest absolute Gasteiger partial charge is 0.255 e. The van der Waals surface area contributed by atoms with E-state index in [-0.39, 0.29) is 5.82 Å². The van der Waals surface area contributed by atoms with Crippen molar-refractivity contribution in [3.63, 3.8) is 0 Å². The van der Waals surface area contributed by atoms with Crippen molar-refractivity contribution in [2.45, 2.75) is 13.0 Å². The Kier molecular flexibility index (Phi) is 5.51. The van der Waals surface area contributed by atoms with Gasteiger partial charge in [0, 0.05) is 17.8 Å². The van der Waals surface area contributed by atoms with E-state index in [0.717, 1.165) is 0 Å². The molecule has 1 amide bonds. The lowest BCUT2D eigenvalue weighted by atomic mass is 9.95. The van der Waals surface area contributed by atoms with Gasteiger partial charge in [0.15, 0.2) is 0 Å². The Morgan fingerprint density at radius 3 is 2.58 bits per heavy atom. The first kappa shape index (κ1) is 20.7. The minimum Gasteiger partial charge on any atom is -0.495 e. The number of fused-ring (bicyclic) bond motifs is 1. The topological polar surface area (TPSA) is 90.3 Å². The fourth-order valence-corrected chi connectivity index (χ4v) is 3.72. The highest BCUT2D eigenvalue weighted by Crippen LogP contribution is 2.38. The van der Waals surface area contributed by atoms with Gasteiger partial charge in [-0.1, -0.05) is 23.7 Å². The van der Waals surface area contributed by atoms with Crippen molar-refractivity contribution in [1.82, 2.24) is 14.8 Å². The van der Waals surface area contributed by atoms with Crippen LogP contribution in [0.5, 0.6) is 11.5 Å². The summed E-state index contributed by atoms with van der Waals surface area (Å²) in [5, 5.41) is 10.6. The second kappa shape index (κ2) is 8.27. The predicted molar refractivity (Wildman–Crippen MR) is 114 cm³/mol. The van der Waals surface area contributed by atoms with Crippen LogP contribution in [0.15, 0.2) is 54.0 Å². The van der Waals surface area contributed by atoms with E-state index in [1.807, 2.05) is 0 Å². The number of allylic oxidation sites excluding steroid dienone is 1. The lowest BCUT2D eigenvalue weighted by molar-refractivity contribution is -0.113.